The summed E-state index contributed by atoms with van der Waals surface area (Å²) in [5.74, 6) is -0.459. The molecule has 4 nitrogen and oxygen atoms in total. The fraction of sp³-hybridized carbons (Fsp3) is 1.00. The summed E-state index contributed by atoms with van der Waals surface area (Å²) in [6.07, 6.45) is 0.913. The summed E-state index contributed by atoms with van der Waals surface area (Å²) < 4.78 is 11.0. The molecule has 1 rings (SSSR count). The molecule has 0 spiro atoms. The van der Waals surface area contributed by atoms with E-state index in [1.807, 2.05) is 20.8 Å². The van der Waals surface area contributed by atoms with Crippen LogP contribution in [0.25, 0.3) is 0 Å². The summed E-state index contributed by atoms with van der Waals surface area (Å²) in [7, 11) is 0. The van der Waals surface area contributed by atoms with Crippen molar-refractivity contribution < 1.29 is 14.6 Å². The Morgan fingerprint density at radius 2 is 2.00 bits per heavy atom. The van der Waals surface area contributed by atoms with E-state index in [9.17, 15) is 0 Å². The predicted octanol–water partition coefficient (Wildman–Crippen LogP) is 0.498. The van der Waals surface area contributed by atoms with Crippen LogP contribution >= 0.6 is 0 Å². The van der Waals surface area contributed by atoms with Gasteiger partial charge in [-0.25, -0.2) is 0 Å². The highest BCUT2D eigenvalue weighted by Crippen LogP contribution is 2.17. The van der Waals surface area contributed by atoms with Gasteiger partial charge in [0.1, 0.15) is 0 Å². The summed E-state index contributed by atoms with van der Waals surface area (Å²) in [6, 6.07) is 0.341. The number of hydrogen-bond acceptors (Lipinski definition) is 4. The fourth-order valence-corrected chi connectivity index (χ4v) is 1.42. The van der Waals surface area contributed by atoms with Crippen LogP contribution < -0.4 is 5.32 Å². The summed E-state index contributed by atoms with van der Waals surface area (Å²) >= 11 is 0. The number of rotatable bonds is 4. The van der Waals surface area contributed by atoms with Crippen LogP contribution in [0.4, 0.5) is 0 Å². The second kappa shape index (κ2) is 5.07. The van der Waals surface area contributed by atoms with E-state index in [1.165, 1.54) is 0 Å². The Hall–Kier alpha value is -0.160. The van der Waals surface area contributed by atoms with Gasteiger partial charge >= 0.3 is 0 Å². The van der Waals surface area contributed by atoms with Gasteiger partial charge in [0.25, 0.3) is 0 Å². The average Bonchev–Trinajstić information content (AvgIpc) is 2.16. The van der Waals surface area contributed by atoms with E-state index >= 15 is 0 Å². The van der Waals surface area contributed by atoms with Gasteiger partial charge in [0.15, 0.2) is 5.79 Å². The number of hydrogen-bond donors (Lipinski definition) is 2. The van der Waals surface area contributed by atoms with Crippen molar-refractivity contribution >= 4 is 0 Å². The summed E-state index contributed by atoms with van der Waals surface area (Å²) in [5, 5.41) is 12.3. The molecule has 1 fully saturated rings. The molecule has 1 saturated heterocycles. The van der Waals surface area contributed by atoms with Crippen LogP contribution in [0.5, 0.6) is 0 Å². The summed E-state index contributed by atoms with van der Waals surface area (Å²) in [5.41, 5.74) is 0. The zero-order valence-corrected chi connectivity index (χ0v) is 9.25. The number of ether oxygens (including phenoxy) is 2. The topological polar surface area (TPSA) is 50.7 Å². The van der Waals surface area contributed by atoms with E-state index in [1.54, 1.807) is 0 Å². The van der Waals surface area contributed by atoms with Gasteiger partial charge in [-0.05, 0) is 20.3 Å². The fourth-order valence-electron chi connectivity index (χ4n) is 1.42. The van der Waals surface area contributed by atoms with E-state index < -0.39 is 5.79 Å². The third kappa shape index (κ3) is 3.53. The van der Waals surface area contributed by atoms with Gasteiger partial charge < -0.3 is 19.9 Å². The van der Waals surface area contributed by atoms with Crippen molar-refractivity contribution in [3.05, 3.63) is 0 Å². The lowest BCUT2D eigenvalue weighted by atomic mass is 10.2. The zero-order valence-electron chi connectivity index (χ0n) is 9.25. The van der Waals surface area contributed by atoms with E-state index in [0.29, 0.717) is 13.2 Å². The molecular weight excluding hydrogens is 182 g/mol. The highest BCUT2D eigenvalue weighted by atomic mass is 16.7. The minimum Gasteiger partial charge on any atom is -0.395 e. The molecule has 4 heteroatoms. The van der Waals surface area contributed by atoms with Gasteiger partial charge in [0.2, 0.25) is 0 Å². The lowest BCUT2D eigenvalue weighted by molar-refractivity contribution is -0.253. The highest BCUT2D eigenvalue weighted by molar-refractivity contribution is 4.77. The number of nitrogens with one attached hydrogen (secondary N) is 1. The monoisotopic (exact) mass is 203 g/mol. The van der Waals surface area contributed by atoms with Crippen LogP contribution in [-0.2, 0) is 9.47 Å². The maximum absolute atomic E-state index is 9.02. The molecule has 1 aliphatic heterocycles. The molecule has 0 aromatic heterocycles. The Kier molecular flexibility index (Phi) is 4.31. The third-order valence-corrected chi connectivity index (χ3v) is 2.45. The van der Waals surface area contributed by atoms with Gasteiger partial charge in [0.05, 0.1) is 25.9 Å². The molecule has 1 heterocycles. The molecule has 0 aliphatic carbocycles. The normalized spacial score (nSPS) is 24.9. The van der Waals surface area contributed by atoms with E-state index in [-0.39, 0.29) is 18.7 Å². The lowest BCUT2D eigenvalue weighted by Crippen LogP contribution is -2.52. The predicted molar refractivity (Wildman–Crippen MR) is 54.1 cm³/mol. The molecular formula is C10H21NO3. The van der Waals surface area contributed by atoms with Crippen molar-refractivity contribution in [2.24, 2.45) is 0 Å². The molecule has 1 aliphatic rings. The SMILES string of the molecule is CCC(CO)NC1COC(C)(C)OC1. The molecule has 2 N–H and O–H groups in total. The number of aliphatic hydroxyl groups is 1. The van der Waals surface area contributed by atoms with E-state index in [2.05, 4.69) is 5.32 Å². The zero-order chi connectivity index (χ0) is 10.6. The molecule has 0 aromatic rings. The Bertz CT molecular complexity index is 159. The van der Waals surface area contributed by atoms with Gasteiger partial charge in [-0.2, -0.15) is 0 Å². The molecule has 84 valence electrons. The van der Waals surface area contributed by atoms with Crippen LogP contribution in [0.3, 0.4) is 0 Å². The molecule has 1 atom stereocenters. The quantitative estimate of drug-likeness (QED) is 0.698. The Morgan fingerprint density at radius 1 is 1.43 bits per heavy atom. The second-order valence-electron chi connectivity index (χ2n) is 4.17. The van der Waals surface area contributed by atoms with Crippen LogP contribution in [-0.4, -0.2) is 42.8 Å². The van der Waals surface area contributed by atoms with Crippen molar-refractivity contribution in [3.63, 3.8) is 0 Å². The van der Waals surface area contributed by atoms with Crippen molar-refractivity contribution in [3.8, 4) is 0 Å². The molecule has 0 bridgehead atoms. The maximum atomic E-state index is 9.02. The summed E-state index contributed by atoms with van der Waals surface area (Å²) in [6.45, 7) is 7.31. The molecule has 0 aromatic carbocycles. The minimum absolute atomic E-state index is 0.147. The van der Waals surface area contributed by atoms with E-state index in [4.69, 9.17) is 14.6 Å². The molecule has 0 saturated carbocycles. The third-order valence-electron chi connectivity index (χ3n) is 2.45. The molecule has 0 radical (unpaired) electrons. The standard InChI is InChI=1S/C10H21NO3/c1-4-8(5-12)11-9-6-13-10(2,3)14-7-9/h8-9,11-12H,4-7H2,1-3H3. The first-order chi connectivity index (χ1) is 6.57. The summed E-state index contributed by atoms with van der Waals surface area (Å²) in [4.78, 5) is 0. The van der Waals surface area contributed by atoms with Crippen LogP contribution in [0.2, 0.25) is 0 Å². The largest absolute Gasteiger partial charge is 0.395 e. The molecule has 0 amide bonds. The van der Waals surface area contributed by atoms with Gasteiger partial charge in [-0.1, -0.05) is 6.92 Å². The first-order valence-corrected chi connectivity index (χ1v) is 5.22. The highest BCUT2D eigenvalue weighted by Gasteiger charge is 2.28. The lowest BCUT2D eigenvalue weighted by Gasteiger charge is -2.36. The van der Waals surface area contributed by atoms with Crippen LogP contribution in [0.1, 0.15) is 27.2 Å². The second-order valence-corrected chi connectivity index (χ2v) is 4.17. The molecule has 14 heavy (non-hydrogen) atoms. The average molecular weight is 203 g/mol. The Morgan fingerprint density at radius 3 is 2.43 bits per heavy atom. The Labute approximate surface area is 85.6 Å². The van der Waals surface area contributed by atoms with E-state index in [0.717, 1.165) is 6.42 Å². The van der Waals surface area contributed by atoms with Crippen molar-refractivity contribution in [1.82, 2.24) is 5.32 Å². The first kappa shape index (κ1) is 11.9. The molecule has 1 unspecified atom stereocenters. The first-order valence-electron chi connectivity index (χ1n) is 5.22. The van der Waals surface area contributed by atoms with Crippen molar-refractivity contribution in [2.75, 3.05) is 19.8 Å². The smallest absolute Gasteiger partial charge is 0.162 e. The van der Waals surface area contributed by atoms with Gasteiger partial charge in [-0.15, -0.1) is 0 Å². The maximum Gasteiger partial charge on any atom is 0.162 e. The number of aliphatic hydroxyl groups excluding tert-OH is 1. The van der Waals surface area contributed by atoms with Crippen molar-refractivity contribution in [1.29, 1.82) is 0 Å². The minimum atomic E-state index is -0.459. The van der Waals surface area contributed by atoms with Gasteiger partial charge in [0, 0.05) is 6.04 Å². The van der Waals surface area contributed by atoms with Crippen molar-refractivity contribution in [2.45, 2.75) is 45.1 Å². The van der Waals surface area contributed by atoms with Gasteiger partial charge in [-0.3, -0.25) is 0 Å². The van der Waals surface area contributed by atoms with Crippen LogP contribution in [0.15, 0.2) is 0 Å². The van der Waals surface area contributed by atoms with Crippen LogP contribution in [0, 0.1) is 0 Å². The Balaban J connectivity index is 2.28.